The second-order valence-electron chi connectivity index (χ2n) is 9.83. The molecule has 170 valence electrons. The Morgan fingerprint density at radius 1 is 0.938 bits per heavy atom. The number of nitrogens with zero attached hydrogens (tertiary/aromatic N) is 6. The van der Waals surface area contributed by atoms with Gasteiger partial charge in [-0.1, -0.05) is 26.0 Å². The molecule has 0 unspecified atom stereocenters. The summed E-state index contributed by atoms with van der Waals surface area (Å²) in [5, 5.41) is 0. The summed E-state index contributed by atoms with van der Waals surface area (Å²) in [5.41, 5.74) is 4.85. The smallest absolute Gasteiger partial charge is 0.138 e. The van der Waals surface area contributed by atoms with Gasteiger partial charge in [0, 0.05) is 38.6 Å². The molecule has 0 bridgehead atoms. The van der Waals surface area contributed by atoms with E-state index in [-0.39, 0.29) is 0 Å². The van der Waals surface area contributed by atoms with Gasteiger partial charge in [-0.3, -0.25) is 14.3 Å². The highest BCUT2D eigenvalue weighted by atomic mass is 15.3. The average Bonchev–Trinajstić information content (AvgIpc) is 3.24. The molecule has 6 nitrogen and oxygen atoms in total. The first-order valence-corrected chi connectivity index (χ1v) is 12.1. The van der Waals surface area contributed by atoms with Crippen molar-refractivity contribution in [2.45, 2.75) is 51.1 Å². The summed E-state index contributed by atoms with van der Waals surface area (Å²) in [7, 11) is 4.47. The second-order valence-corrected chi connectivity index (χ2v) is 9.83. The number of anilines is 1. The Morgan fingerprint density at radius 3 is 2.50 bits per heavy atom. The van der Waals surface area contributed by atoms with Crippen molar-refractivity contribution in [3.05, 3.63) is 59.7 Å². The highest BCUT2D eigenvalue weighted by molar-refractivity contribution is 5.53. The summed E-state index contributed by atoms with van der Waals surface area (Å²) in [6.07, 6.45) is 7.74. The molecule has 3 aromatic heterocycles. The fraction of sp³-hybridized carbons (Fsp3) is 0.538. The number of rotatable bonds is 4. The lowest BCUT2D eigenvalue weighted by atomic mass is 9.88. The van der Waals surface area contributed by atoms with E-state index in [1.165, 1.54) is 29.2 Å². The van der Waals surface area contributed by atoms with Crippen LogP contribution in [0.25, 0.3) is 5.65 Å². The third-order valence-electron chi connectivity index (χ3n) is 7.41. The molecule has 0 amide bonds. The Kier molecular flexibility index (Phi) is 5.91. The average molecular weight is 433 g/mol. The molecule has 5 rings (SSSR count). The SMILES string of the molecule is CC(C)c1cccnc1[C@@H]1CCC[C@H](c2cn3c(N4CCN(C)CC4)cccc3n2)N1C. The molecule has 5 heterocycles. The third-order valence-corrected chi connectivity index (χ3v) is 7.41. The van der Waals surface area contributed by atoms with Gasteiger partial charge < -0.3 is 9.80 Å². The maximum absolute atomic E-state index is 5.11. The van der Waals surface area contributed by atoms with Crippen LogP contribution in [0.5, 0.6) is 0 Å². The Labute approximate surface area is 191 Å². The number of hydrogen-bond donors (Lipinski definition) is 0. The van der Waals surface area contributed by atoms with Gasteiger partial charge in [-0.25, -0.2) is 4.98 Å². The van der Waals surface area contributed by atoms with E-state index in [0.29, 0.717) is 18.0 Å². The van der Waals surface area contributed by atoms with Crippen molar-refractivity contribution in [3.63, 3.8) is 0 Å². The molecule has 0 saturated carbocycles. The predicted octanol–water partition coefficient (Wildman–Crippen LogP) is 4.50. The number of pyridine rings is 2. The van der Waals surface area contributed by atoms with E-state index in [4.69, 9.17) is 9.97 Å². The zero-order chi connectivity index (χ0) is 22.2. The van der Waals surface area contributed by atoms with Gasteiger partial charge in [-0.15, -0.1) is 0 Å². The van der Waals surface area contributed by atoms with Crippen molar-refractivity contribution in [2.24, 2.45) is 0 Å². The highest BCUT2D eigenvalue weighted by Gasteiger charge is 2.33. The summed E-state index contributed by atoms with van der Waals surface area (Å²) < 4.78 is 2.30. The van der Waals surface area contributed by atoms with Crippen molar-refractivity contribution in [1.82, 2.24) is 24.2 Å². The van der Waals surface area contributed by atoms with Crippen LogP contribution in [0.2, 0.25) is 0 Å². The number of likely N-dealkylation sites (N-methyl/N-ethyl adjacent to an activating group) is 1. The zero-order valence-corrected chi connectivity index (χ0v) is 19.9. The van der Waals surface area contributed by atoms with E-state index in [1.54, 1.807) is 0 Å². The maximum Gasteiger partial charge on any atom is 0.138 e. The van der Waals surface area contributed by atoms with E-state index in [1.807, 2.05) is 6.20 Å². The number of imidazole rings is 1. The number of piperazine rings is 1. The van der Waals surface area contributed by atoms with Crippen LogP contribution < -0.4 is 4.90 Å². The van der Waals surface area contributed by atoms with Gasteiger partial charge in [0.25, 0.3) is 0 Å². The van der Waals surface area contributed by atoms with Crippen LogP contribution in [0.3, 0.4) is 0 Å². The van der Waals surface area contributed by atoms with Crippen LogP contribution in [-0.2, 0) is 0 Å². The molecule has 0 aromatic carbocycles. The second kappa shape index (κ2) is 8.83. The topological polar surface area (TPSA) is 39.9 Å². The standard InChI is InChI=1S/C26H36N6/c1-19(2)20-8-7-13-27-26(20)23-10-5-9-22(30(23)4)21-18-32-24(28-21)11-6-12-25(32)31-16-14-29(3)15-17-31/h6-8,11-13,18-19,22-23H,5,9-10,14-17H2,1-4H3/t22-,23+/m1/s1. The number of fused-ring (bicyclic) bond motifs is 1. The summed E-state index contributed by atoms with van der Waals surface area (Å²) >= 11 is 0. The lowest BCUT2D eigenvalue weighted by Crippen LogP contribution is -2.45. The van der Waals surface area contributed by atoms with Gasteiger partial charge >= 0.3 is 0 Å². The fourth-order valence-corrected chi connectivity index (χ4v) is 5.48. The first-order valence-electron chi connectivity index (χ1n) is 12.1. The lowest BCUT2D eigenvalue weighted by molar-refractivity contribution is 0.109. The van der Waals surface area contributed by atoms with Crippen LogP contribution in [0.15, 0.2) is 42.7 Å². The molecule has 0 N–H and O–H groups in total. The van der Waals surface area contributed by atoms with Crippen LogP contribution in [0.4, 0.5) is 5.82 Å². The zero-order valence-electron chi connectivity index (χ0n) is 19.9. The third kappa shape index (κ3) is 3.90. The van der Waals surface area contributed by atoms with Crippen LogP contribution in [0, 0.1) is 0 Å². The minimum absolute atomic E-state index is 0.316. The first kappa shape index (κ1) is 21.4. The van der Waals surface area contributed by atoms with Crippen molar-refractivity contribution in [2.75, 3.05) is 45.2 Å². The van der Waals surface area contributed by atoms with Crippen molar-refractivity contribution < 1.29 is 0 Å². The summed E-state index contributed by atoms with van der Waals surface area (Å²) in [4.78, 5) is 17.4. The molecule has 32 heavy (non-hydrogen) atoms. The highest BCUT2D eigenvalue weighted by Crippen LogP contribution is 2.41. The number of aromatic nitrogens is 3. The van der Waals surface area contributed by atoms with E-state index >= 15 is 0 Å². The van der Waals surface area contributed by atoms with Gasteiger partial charge in [0.1, 0.15) is 11.5 Å². The maximum atomic E-state index is 5.11. The summed E-state index contributed by atoms with van der Waals surface area (Å²) in [6.45, 7) is 8.87. The monoisotopic (exact) mass is 432 g/mol. The van der Waals surface area contributed by atoms with E-state index in [9.17, 15) is 0 Å². The molecule has 6 heteroatoms. The molecule has 2 atom stereocenters. The minimum atomic E-state index is 0.316. The van der Waals surface area contributed by atoms with Crippen LogP contribution in [0.1, 0.15) is 68.1 Å². The van der Waals surface area contributed by atoms with Gasteiger partial charge in [-0.05, 0) is 63.0 Å². The number of piperidine rings is 1. The number of likely N-dealkylation sites (tertiary alicyclic amines) is 1. The first-order chi connectivity index (χ1) is 15.5. The molecule has 2 fully saturated rings. The molecule has 2 saturated heterocycles. The van der Waals surface area contributed by atoms with Gasteiger partial charge in [0.15, 0.2) is 0 Å². The lowest BCUT2D eigenvalue weighted by Gasteiger charge is -2.39. The van der Waals surface area contributed by atoms with E-state index in [0.717, 1.165) is 44.7 Å². The van der Waals surface area contributed by atoms with E-state index < -0.39 is 0 Å². The van der Waals surface area contributed by atoms with Crippen molar-refractivity contribution in [1.29, 1.82) is 0 Å². The summed E-state index contributed by atoms with van der Waals surface area (Å²) in [5.74, 6) is 1.74. The summed E-state index contributed by atoms with van der Waals surface area (Å²) in [6, 6.07) is 11.5. The molecule has 2 aliphatic heterocycles. The van der Waals surface area contributed by atoms with E-state index in [2.05, 4.69) is 83.6 Å². The van der Waals surface area contributed by atoms with Gasteiger partial charge in [0.2, 0.25) is 0 Å². The van der Waals surface area contributed by atoms with Crippen LogP contribution in [-0.4, -0.2) is 64.4 Å². The minimum Gasteiger partial charge on any atom is -0.355 e. The number of hydrogen-bond acceptors (Lipinski definition) is 5. The Balaban J connectivity index is 1.46. The van der Waals surface area contributed by atoms with Crippen molar-refractivity contribution >= 4 is 11.5 Å². The molecule has 0 aliphatic carbocycles. The Hall–Kier alpha value is -2.44. The van der Waals surface area contributed by atoms with Gasteiger partial charge in [0.05, 0.1) is 23.5 Å². The predicted molar refractivity (Wildman–Crippen MR) is 130 cm³/mol. The largest absolute Gasteiger partial charge is 0.355 e. The Bertz CT molecular complexity index is 1070. The molecule has 2 aliphatic rings. The molecule has 3 aromatic rings. The van der Waals surface area contributed by atoms with Gasteiger partial charge in [-0.2, -0.15) is 0 Å². The Morgan fingerprint density at radius 2 is 1.72 bits per heavy atom. The van der Waals surface area contributed by atoms with Crippen molar-refractivity contribution in [3.8, 4) is 0 Å². The molecule has 0 radical (unpaired) electrons. The normalized spacial score (nSPS) is 23.3. The fourth-order valence-electron chi connectivity index (χ4n) is 5.48. The quantitative estimate of drug-likeness (QED) is 0.607. The molecular weight excluding hydrogens is 396 g/mol. The molecular formula is C26H36N6. The molecule has 0 spiro atoms. The van der Waals surface area contributed by atoms with Crippen LogP contribution >= 0.6 is 0 Å².